The Labute approximate surface area is 151 Å². The summed E-state index contributed by atoms with van der Waals surface area (Å²) in [6.07, 6.45) is 0. The van der Waals surface area contributed by atoms with Crippen LogP contribution in [0.15, 0.2) is 47.4 Å². The van der Waals surface area contributed by atoms with E-state index in [1.165, 1.54) is 29.6 Å². The van der Waals surface area contributed by atoms with Crippen molar-refractivity contribution in [1.29, 1.82) is 0 Å². The molecule has 1 aliphatic rings. The fraction of sp³-hybridized carbons (Fsp3) is 0.333. The molecule has 140 valence electrons. The lowest BCUT2D eigenvalue weighted by molar-refractivity contribution is 0.180. The lowest BCUT2D eigenvalue weighted by atomic mass is 10.2. The minimum Gasteiger partial charge on any atom is -0.494 e. The minimum absolute atomic E-state index is 0.00124. The van der Waals surface area contributed by atoms with Gasteiger partial charge in [0.15, 0.2) is 11.6 Å². The molecule has 0 amide bonds. The molecule has 1 fully saturated rings. The van der Waals surface area contributed by atoms with Gasteiger partial charge in [0.05, 0.1) is 12.0 Å². The van der Waals surface area contributed by atoms with Crippen molar-refractivity contribution in [3.8, 4) is 5.75 Å². The van der Waals surface area contributed by atoms with Crippen LogP contribution in [-0.4, -0.2) is 50.9 Å². The normalized spacial score (nSPS) is 16.6. The largest absolute Gasteiger partial charge is 0.494 e. The summed E-state index contributed by atoms with van der Waals surface area (Å²) >= 11 is 0. The summed E-state index contributed by atoms with van der Waals surface area (Å²) in [7, 11) is -2.46. The van der Waals surface area contributed by atoms with Crippen molar-refractivity contribution < 1.29 is 21.9 Å². The average Bonchev–Trinajstić information content (AvgIpc) is 2.64. The van der Waals surface area contributed by atoms with Gasteiger partial charge in [-0.05, 0) is 24.3 Å². The molecular formula is C18H20F2N2O3S. The van der Waals surface area contributed by atoms with Crippen LogP contribution in [0, 0.1) is 11.6 Å². The Balaban J connectivity index is 1.67. The Morgan fingerprint density at radius 2 is 1.69 bits per heavy atom. The second-order valence-corrected chi connectivity index (χ2v) is 8.01. The van der Waals surface area contributed by atoms with E-state index in [2.05, 4.69) is 0 Å². The van der Waals surface area contributed by atoms with Gasteiger partial charge in [-0.1, -0.05) is 18.2 Å². The van der Waals surface area contributed by atoms with Crippen molar-refractivity contribution in [3.63, 3.8) is 0 Å². The zero-order valence-corrected chi connectivity index (χ0v) is 15.2. The van der Waals surface area contributed by atoms with Gasteiger partial charge in [-0.15, -0.1) is 0 Å². The number of nitrogens with zero attached hydrogens (tertiary/aromatic N) is 2. The van der Waals surface area contributed by atoms with E-state index < -0.39 is 15.8 Å². The van der Waals surface area contributed by atoms with Crippen molar-refractivity contribution in [2.24, 2.45) is 0 Å². The number of methoxy groups -OCH3 is 1. The van der Waals surface area contributed by atoms with Crippen LogP contribution in [0.5, 0.6) is 5.75 Å². The summed E-state index contributed by atoms with van der Waals surface area (Å²) in [4.78, 5) is 1.90. The number of rotatable bonds is 5. The molecule has 3 rings (SSSR count). The maximum Gasteiger partial charge on any atom is 0.243 e. The standard InChI is InChI=1S/C18H20F2N2O3S/c1-25-18-7-6-15(12-17(18)20)26(23,24)22-10-8-21(9-11-22)13-14-4-2-3-5-16(14)19/h2-7,12H,8-11,13H2,1H3. The highest BCUT2D eigenvalue weighted by Crippen LogP contribution is 2.24. The molecule has 0 aliphatic carbocycles. The summed E-state index contributed by atoms with van der Waals surface area (Å²) in [5.41, 5.74) is 0.584. The van der Waals surface area contributed by atoms with Crippen LogP contribution in [0.4, 0.5) is 8.78 Å². The Hall–Kier alpha value is -2.03. The molecule has 0 atom stereocenters. The van der Waals surface area contributed by atoms with Gasteiger partial charge in [0.25, 0.3) is 0 Å². The number of halogens is 2. The Morgan fingerprint density at radius 1 is 1.00 bits per heavy atom. The van der Waals surface area contributed by atoms with Gasteiger partial charge in [0.1, 0.15) is 5.82 Å². The molecule has 0 N–H and O–H groups in total. The smallest absolute Gasteiger partial charge is 0.243 e. The maximum absolute atomic E-state index is 13.8. The summed E-state index contributed by atoms with van der Waals surface area (Å²) < 4.78 is 59.1. The maximum atomic E-state index is 13.8. The van der Waals surface area contributed by atoms with Crippen LogP contribution in [0.3, 0.4) is 0 Å². The average molecular weight is 382 g/mol. The van der Waals surface area contributed by atoms with Crippen molar-refractivity contribution in [3.05, 3.63) is 59.7 Å². The zero-order valence-electron chi connectivity index (χ0n) is 14.4. The first-order chi connectivity index (χ1) is 12.4. The third-order valence-electron chi connectivity index (χ3n) is 4.44. The van der Waals surface area contributed by atoms with Crippen molar-refractivity contribution in [2.75, 3.05) is 33.3 Å². The fourth-order valence-corrected chi connectivity index (χ4v) is 4.39. The van der Waals surface area contributed by atoms with Gasteiger partial charge in [0.2, 0.25) is 10.0 Å². The predicted molar refractivity (Wildman–Crippen MR) is 93.4 cm³/mol. The summed E-state index contributed by atoms with van der Waals surface area (Å²) in [6.45, 7) is 1.92. The first-order valence-corrected chi connectivity index (χ1v) is 9.65. The molecular weight excluding hydrogens is 362 g/mol. The van der Waals surface area contributed by atoms with E-state index in [0.717, 1.165) is 6.07 Å². The molecule has 8 heteroatoms. The van der Waals surface area contributed by atoms with E-state index in [0.29, 0.717) is 25.2 Å². The van der Waals surface area contributed by atoms with Crippen molar-refractivity contribution in [2.45, 2.75) is 11.4 Å². The van der Waals surface area contributed by atoms with E-state index in [1.807, 2.05) is 4.90 Å². The second-order valence-electron chi connectivity index (χ2n) is 6.07. The molecule has 0 radical (unpaired) electrons. The lowest BCUT2D eigenvalue weighted by Crippen LogP contribution is -2.48. The second kappa shape index (κ2) is 7.69. The summed E-state index contributed by atoms with van der Waals surface area (Å²) in [5, 5.41) is 0. The molecule has 26 heavy (non-hydrogen) atoms. The molecule has 0 bridgehead atoms. The fourth-order valence-electron chi connectivity index (χ4n) is 2.95. The lowest BCUT2D eigenvalue weighted by Gasteiger charge is -2.34. The topological polar surface area (TPSA) is 49.9 Å². The SMILES string of the molecule is COc1ccc(S(=O)(=O)N2CCN(Cc3ccccc3F)CC2)cc1F. The van der Waals surface area contributed by atoms with Gasteiger partial charge in [-0.3, -0.25) is 4.90 Å². The number of sulfonamides is 1. The summed E-state index contributed by atoms with van der Waals surface area (Å²) in [5.74, 6) is -0.985. The van der Waals surface area contributed by atoms with E-state index in [4.69, 9.17) is 4.74 Å². The molecule has 5 nitrogen and oxygen atoms in total. The molecule has 1 aliphatic heterocycles. The van der Waals surface area contributed by atoms with Crippen LogP contribution >= 0.6 is 0 Å². The van der Waals surface area contributed by atoms with Crippen molar-refractivity contribution >= 4 is 10.0 Å². The molecule has 0 saturated carbocycles. The van der Waals surface area contributed by atoms with E-state index >= 15 is 0 Å². The Bertz CT molecular complexity index is 882. The van der Waals surface area contributed by atoms with Crippen LogP contribution in [-0.2, 0) is 16.6 Å². The van der Waals surface area contributed by atoms with Gasteiger partial charge in [0, 0.05) is 38.3 Å². The van der Waals surface area contributed by atoms with Gasteiger partial charge >= 0.3 is 0 Å². The highest BCUT2D eigenvalue weighted by molar-refractivity contribution is 7.89. The first-order valence-electron chi connectivity index (χ1n) is 8.21. The van der Waals surface area contributed by atoms with Gasteiger partial charge in [-0.25, -0.2) is 17.2 Å². The molecule has 1 heterocycles. The number of hydrogen-bond acceptors (Lipinski definition) is 4. The number of hydrogen-bond donors (Lipinski definition) is 0. The third-order valence-corrected chi connectivity index (χ3v) is 6.34. The Kier molecular flexibility index (Phi) is 5.55. The van der Waals surface area contributed by atoms with Crippen LogP contribution in [0.25, 0.3) is 0 Å². The molecule has 0 aromatic heterocycles. The monoisotopic (exact) mass is 382 g/mol. The molecule has 2 aromatic carbocycles. The third kappa shape index (κ3) is 3.87. The van der Waals surface area contributed by atoms with Crippen molar-refractivity contribution in [1.82, 2.24) is 9.21 Å². The minimum atomic E-state index is -3.78. The predicted octanol–water partition coefficient (Wildman–Crippen LogP) is 2.48. The number of ether oxygens (including phenoxy) is 1. The van der Waals surface area contributed by atoms with Crippen LogP contribution in [0.1, 0.15) is 5.56 Å². The van der Waals surface area contributed by atoms with E-state index in [-0.39, 0.29) is 29.6 Å². The van der Waals surface area contributed by atoms with Gasteiger partial charge in [-0.2, -0.15) is 4.31 Å². The summed E-state index contributed by atoms with van der Waals surface area (Å²) in [6, 6.07) is 10.2. The molecule has 0 unspecified atom stereocenters. The molecule has 2 aromatic rings. The Morgan fingerprint density at radius 3 is 2.31 bits per heavy atom. The van der Waals surface area contributed by atoms with Crippen LogP contribution < -0.4 is 4.74 Å². The first kappa shape index (κ1) is 18.8. The van der Waals surface area contributed by atoms with Crippen LogP contribution in [0.2, 0.25) is 0 Å². The quantitative estimate of drug-likeness (QED) is 0.797. The van der Waals surface area contributed by atoms with Gasteiger partial charge < -0.3 is 4.74 Å². The van der Waals surface area contributed by atoms with E-state index in [1.54, 1.807) is 18.2 Å². The highest BCUT2D eigenvalue weighted by atomic mass is 32.2. The zero-order chi connectivity index (χ0) is 18.7. The molecule has 1 saturated heterocycles. The number of piperazine rings is 1. The van der Waals surface area contributed by atoms with E-state index in [9.17, 15) is 17.2 Å². The molecule has 0 spiro atoms. The highest BCUT2D eigenvalue weighted by Gasteiger charge is 2.29. The number of benzene rings is 2.